The van der Waals surface area contributed by atoms with Gasteiger partial charge in [-0.3, -0.25) is 9.69 Å². The van der Waals surface area contributed by atoms with E-state index in [-0.39, 0.29) is 18.3 Å². The van der Waals surface area contributed by atoms with Gasteiger partial charge < -0.3 is 10.1 Å². The summed E-state index contributed by atoms with van der Waals surface area (Å²) in [6, 6.07) is 17.9. The van der Waals surface area contributed by atoms with E-state index in [1.165, 1.54) is 19.2 Å². The average molecular weight is 446 g/mol. The van der Waals surface area contributed by atoms with E-state index in [9.17, 15) is 14.4 Å². The Kier molecular flexibility index (Phi) is 6.62. The highest BCUT2D eigenvalue weighted by atomic mass is 19.1. The molecule has 1 saturated heterocycles. The van der Waals surface area contributed by atoms with Crippen LogP contribution in [0.1, 0.15) is 42.9 Å². The van der Waals surface area contributed by atoms with Crippen molar-refractivity contribution >= 4 is 16.7 Å². The predicted molar refractivity (Wildman–Crippen MR) is 126 cm³/mol. The standard InChI is InChI=1S/C27H28FN3O2/c1-27(31-14-6-3-7-15-31,21-10-12-22(28)13-11-21)26(32)30-18-24-23-9-5-4-8-19(23)16-20(17-29)25(24)33-2/h4-5,8-13,16H,3,6-7,14-15,18H2,1-2H3,(H,30,32). The van der Waals surface area contributed by atoms with Crippen molar-refractivity contribution in [2.24, 2.45) is 0 Å². The Morgan fingerprint density at radius 3 is 2.52 bits per heavy atom. The first-order valence-corrected chi connectivity index (χ1v) is 11.3. The lowest BCUT2D eigenvalue weighted by Gasteiger charge is -2.42. The van der Waals surface area contributed by atoms with Crippen molar-refractivity contribution in [3.8, 4) is 11.8 Å². The van der Waals surface area contributed by atoms with Crippen LogP contribution in [0.3, 0.4) is 0 Å². The zero-order valence-electron chi connectivity index (χ0n) is 19.0. The third-order valence-corrected chi connectivity index (χ3v) is 6.69. The molecule has 6 heteroatoms. The van der Waals surface area contributed by atoms with Gasteiger partial charge in [-0.05, 0) is 67.4 Å². The molecule has 1 amide bonds. The summed E-state index contributed by atoms with van der Waals surface area (Å²) in [7, 11) is 1.53. The van der Waals surface area contributed by atoms with E-state index in [4.69, 9.17) is 4.74 Å². The average Bonchev–Trinajstić information content (AvgIpc) is 2.86. The first kappa shape index (κ1) is 22.8. The molecule has 170 valence electrons. The fraction of sp³-hybridized carbons (Fsp3) is 0.333. The van der Waals surface area contributed by atoms with Gasteiger partial charge in [-0.25, -0.2) is 4.39 Å². The number of carbonyl (C=O) groups is 1. The number of hydrogen-bond acceptors (Lipinski definition) is 4. The Morgan fingerprint density at radius 2 is 1.85 bits per heavy atom. The third-order valence-electron chi connectivity index (χ3n) is 6.69. The molecule has 1 unspecified atom stereocenters. The molecule has 0 spiro atoms. The van der Waals surface area contributed by atoms with E-state index in [2.05, 4.69) is 16.3 Å². The molecule has 0 radical (unpaired) electrons. The molecule has 3 aromatic carbocycles. The molecule has 1 aliphatic heterocycles. The second-order valence-corrected chi connectivity index (χ2v) is 8.58. The number of likely N-dealkylation sites (tertiary alicyclic amines) is 1. The van der Waals surface area contributed by atoms with Crippen LogP contribution in [0.25, 0.3) is 10.8 Å². The zero-order chi connectivity index (χ0) is 23.4. The van der Waals surface area contributed by atoms with Gasteiger partial charge in [0.05, 0.1) is 12.7 Å². The Morgan fingerprint density at radius 1 is 1.15 bits per heavy atom. The van der Waals surface area contributed by atoms with Crippen molar-refractivity contribution in [2.45, 2.75) is 38.3 Å². The van der Waals surface area contributed by atoms with Gasteiger partial charge in [0, 0.05) is 12.1 Å². The van der Waals surface area contributed by atoms with Gasteiger partial charge in [0.2, 0.25) is 5.91 Å². The molecule has 5 nitrogen and oxygen atoms in total. The maximum atomic E-state index is 13.8. The number of rotatable bonds is 6. The lowest BCUT2D eigenvalue weighted by molar-refractivity contribution is -0.134. The van der Waals surface area contributed by atoms with Crippen molar-refractivity contribution in [3.05, 3.63) is 77.1 Å². The van der Waals surface area contributed by atoms with Crippen LogP contribution in [0.15, 0.2) is 54.6 Å². The number of carbonyl (C=O) groups excluding carboxylic acids is 1. The maximum absolute atomic E-state index is 13.8. The predicted octanol–water partition coefficient (Wildman–Crippen LogP) is 4.88. The number of ether oxygens (including phenoxy) is 1. The Bertz CT molecular complexity index is 1200. The lowest BCUT2D eigenvalue weighted by Crippen LogP contribution is -2.55. The fourth-order valence-corrected chi connectivity index (χ4v) is 4.81. The van der Waals surface area contributed by atoms with Crippen LogP contribution < -0.4 is 10.1 Å². The third kappa shape index (κ3) is 4.29. The first-order valence-electron chi connectivity index (χ1n) is 11.3. The van der Waals surface area contributed by atoms with Crippen molar-refractivity contribution < 1.29 is 13.9 Å². The van der Waals surface area contributed by atoms with Crippen LogP contribution >= 0.6 is 0 Å². The van der Waals surface area contributed by atoms with Crippen LogP contribution in [-0.4, -0.2) is 31.0 Å². The van der Waals surface area contributed by atoms with Crippen molar-refractivity contribution in [2.75, 3.05) is 20.2 Å². The maximum Gasteiger partial charge on any atom is 0.245 e. The highest BCUT2D eigenvalue weighted by Crippen LogP contribution is 2.34. The van der Waals surface area contributed by atoms with Gasteiger partial charge in [0.1, 0.15) is 23.2 Å². The molecule has 0 aromatic heterocycles. The highest BCUT2D eigenvalue weighted by Gasteiger charge is 2.41. The van der Waals surface area contributed by atoms with Crippen molar-refractivity contribution in [3.63, 3.8) is 0 Å². The zero-order valence-corrected chi connectivity index (χ0v) is 19.0. The second kappa shape index (κ2) is 9.60. The summed E-state index contributed by atoms with van der Waals surface area (Å²) in [5, 5.41) is 14.6. The number of amides is 1. The molecule has 4 rings (SSSR count). The van der Waals surface area contributed by atoms with E-state index >= 15 is 0 Å². The Balaban J connectivity index is 1.71. The Hall–Kier alpha value is -3.43. The number of nitrogens with zero attached hydrogens (tertiary/aromatic N) is 2. The van der Waals surface area contributed by atoms with Gasteiger partial charge in [0.15, 0.2) is 0 Å². The molecule has 1 heterocycles. The number of halogens is 1. The minimum absolute atomic E-state index is 0.162. The molecule has 0 bridgehead atoms. The number of nitrogens with one attached hydrogen (secondary N) is 1. The largest absolute Gasteiger partial charge is 0.495 e. The molecular weight excluding hydrogens is 417 g/mol. The number of benzene rings is 3. The number of fused-ring (bicyclic) bond motifs is 1. The van der Waals surface area contributed by atoms with E-state index in [0.717, 1.165) is 54.3 Å². The highest BCUT2D eigenvalue weighted by molar-refractivity contribution is 5.91. The molecule has 0 saturated carbocycles. The van der Waals surface area contributed by atoms with Gasteiger partial charge in [-0.15, -0.1) is 0 Å². The van der Waals surface area contributed by atoms with Crippen LogP contribution in [0, 0.1) is 17.1 Å². The van der Waals surface area contributed by atoms with E-state index in [1.807, 2.05) is 31.2 Å². The smallest absolute Gasteiger partial charge is 0.245 e. The van der Waals surface area contributed by atoms with Crippen LogP contribution in [0.2, 0.25) is 0 Å². The monoisotopic (exact) mass is 445 g/mol. The summed E-state index contributed by atoms with van der Waals surface area (Å²) in [5.74, 6) is -0.0212. The summed E-state index contributed by atoms with van der Waals surface area (Å²) >= 11 is 0. The van der Waals surface area contributed by atoms with E-state index < -0.39 is 5.54 Å². The molecule has 1 aliphatic rings. The van der Waals surface area contributed by atoms with Crippen LogP contribution in [0.4, 0.5) is 4.39 Å². The van der Waals surface area contributed by atoms with Gasteiger partial charge >= 0.3 is 0 Å². The van der Waals surface area contributed by atoms with Gasteiger partial charge in [0.25, 0.3) is 0 Å². The summed E-state index contributed by atoms with van der Waals surface area (Å²) in [4.78, 5) is 15.9. The number of nitriles is 1. The summed E-state index contributed by atoms with van der Waals surface area (Å²) < 4.78 is 19.2. The molecule has 3 aromatic rings. The summed E-state index contributed by atoms with van der Waals surface area (Å²) in [6.07, 6.45) is 3.18. The van der Waals surface area contributed by atoms with Gasteiger partial charge in [-0.1, -0.05) is 42.8 Å². The Labute approximate surface area is 193 Å². The second-order valence-electron chi connectivity index (χ2n) is 8.58. The lowest BCUT2D eigenvalue weighted by atomic mass is 9.87. The van der Waals surface area contributed by atoms with Crippen molar-refractivity contribution in [1.82, 2.24) is 10.2 Å². The molecular formula is C27H28FN3O2. The van der Waals surface area contributed by atoms with E-state index in [1.54, 1.807) is 18.2 Å². The molecule has 1 atom stereocenters. The molecule has 1 N–H and O–H groups in total. The summed E-state index contributed by atoms with van der Waals surface area (Å²) in [5.41, 5.74) is 1.01. The summed E-state index contributed by atoms with van der Waals surface area (Å²) in [6.45, 7) is 3.72. The fourth-order valence-electron chi connectivity index (χ4n) is 4.81. The normalized spacial score (nSPS) is 16.1. The molecule has 0 aliphatic carbocycles. The SMILES string of the molecule is COc1c(C#N)cc2ccccc2c1CNC(=O)C(C)(c1ccc(F)cc1)N1CCCCC1. The van der Waals surface area contributed by atoms with Crippen LogP contribution in [-0.2, 0) is 16.9 Å². The minimum atomic E-state index is -0.940. The number of hydrogen-bond donors (Lipinski definition) is 1. The van der Waals surface area contributed by atoms with Gasteiger partial charge in [-0.2, -0.15) is 5.26 Å². The number of piperidine rings is 1. The first-order chi connectivity index (χ1) is 16.0. The topological polar surface area (TPSA) is 65.4 Å². The minimum Gasteiger partial charge on any atom is -0.495 e. The van der Waals surface area contributed by atoms with Crippen molar-refractivity contribution in [1.29, 1.82) is 5.26 Å². The molecule has 33 heavy (non-hydrogen) atoms. The number of methoxy groups -OCH3 is 1. The quantitative estimate of drug-likeness (QED) is 0.588. The van der Waals surface area contributed by atoms with E-state index in [0.29, 0.717) is 11.3 Å². The molecule has 1 fully saturated rings. The van der Waals surface area contributed by atoms with Crippen LogP contribution in [0.5, 0.6) is 5.75 Å².